The molecule has 12 nitrogen and oxygen atoms in total. The van der Waals surface area contributed by atoms with E-state index in [0.717, 1.165) is 25.7 Å². The van der Waals surface area contributed by atoms with E-state index in [2.05, 4.69) is 32.1 Å². The van der Waals surface area contributed by atoms with Crippen LogP contribution < -0.4 is 5.32 Å². The molecule has 204 valence electrons. The fraction of sp³-hybridized carbons (Fsp3) is 0.654. The van der Waals surface area contributed by atoms with E-state index in [4.69, 9.17) is 9.47 Å². The molecule has 4 heterocycles. The average molecular weight is 527 g/mol. The predicted octanol–water partition coefficient (Wildman–Crippen LogP) is 0.890. The summed E-state index contributed by atoms with van der Waals surface area (Å²) in [5, 5.41) is 23.6. The summed E-state index contributed by atoms with van der Waals surface area (Å²) in [6.45, 7) is 5.80. The van der Waals surface area contributed by atoms with E-state index in [1.807, 2.05) is 0 Å². The van der Waals surface area contributed by atoms with Crippen molar-refractivity contribution in [3.8, 4) is 11.8 Å². The summed E-state index contributed by atoms with van der Waals surface area (Å²) in [5.74, 6) is 6.96. The molecule has 2 aromatic rings. The van der Waals surface area contributed by atoms with Crippen LogP contribution in [0.5, 0.6) is 0 Å². The van der Waals surface area contributed by atoms with Crippen molar-refractivity contribution in [3.63, 3.8) is 0 Å². The Kier molecular flexibility index (Phi) is 7.78. The van der Waals surface area contributed by atoms with Crippen molar-refractivity contribution in [2.24, 2.45) is 11.8 Å². The lowest BCUT2D eigenvalue weighted by molar-refractivity contribution is -0.137. The largest absolute Gasteiger partial charge is 0.449 e. The number of rotatable bonds is 6. The van der Waals surface area contributed by atoms with Crippen molar-refractivity contribution in [2.75, 3.05) is 26.2 Å². The molecule has 3 fully saturated rings. The first-order chi connectivity index (χ1) is 18.4. The minimum atomic E-state index is -1.39. The Hall–Kier alpha value is -3.27. The number of nitrogens with one attached hydrogen (secondary N) is 1. The summed E-state index contributed by atoms with van der Waals surface area (Å²) in [5.41, 5.74) is 1.53. The summed E-state index contributed by atoms with van der Waals surface area (Å²) in [4.78, 5) is 39.5. The molecule has 2 amide bonds. The standard InChI is InChI=1S/C26H34N6O6/c1-3-27-24(35)22-20(33)21(34)25(38-22)32-14-28-19-15(2)29-18(30-23(19)32)6-4-5-16-9-11-31(12-10-16)26(36)37-13-17-7-8-17/h14,16-17,20-22,25,33-34H,3,5,7-13H2,1-2H3,(H,27,35)/t20-,21?,22+,25-/m1/s1. The second kappa shape index (κ2) is 11.2. The number of likely N-dealkylation sites (tertiary alicyclic amines) is 1. The third-order valence-corrected chi connectivity index (χ3v) is 7.32. The molecule has 38 heavy (non-hydrogen) atoms. The second-order valence-corrected chi connectivity index (χ2v) is 10.2. The van der Waals surface area contributed by atoms with E-state index in [1.54, 1.807) is 18.7 Å². The number of aryl methyl sites for hydroxylation is 1. The topological polar surface area (TPSA) is 152 Å². The summed E-state index contributed by atoms with van der Waals surface area (Å²) in [6, 6.07) is 0. The van der Waals surface area contributed by atoms with Gasteiger partial charge in [0.2, 0.25) is 5.82 Å². The number of aliphatic hydroxyl groups excluding tert-OH is 2. The lowest BCUT2D eigenvalue weighted by atomic mass is 9.94. The Balaban J connectivity index is 1.23. The highest BCUT2D eigenvalue weighted by Crippen LogP contribution is 2.32. The molecule has 0 spiro atoms. The van der Waals surface area contributed by atoms with Gasteiger partial charge in [-0.1, -0.05) is 5.92 Å². The van der Waals surface area contributed by atoms with E-state index >= 15 is 0 Å². The summed E-state index contributed by atoms with van der Waals surface area (Å²) >= 11 is 0. The third kappa shape index (κ3) is 5.60. The van der Waals surface area contributed by atoms with Crippen molar-refractivity contribution in [1.82, 2.24) is 29.7 Å². The predicted molar refractivity (Wildman–Crippen MR) is 135 cm³/mol. The van der Waals surface area contributed by atoms with Gasteiger partial charge in [-0.15, -0.1) is 0 Å². The Labute approximate surface area is 220 Å². The minimum Gasteiger partial charge on any atom is -0.449 e. The first-order valence-corrected chi connectivity index (χ1v) is 13.3. The van der Waals surface area contributed by atoms with Crippen molar-refractivity contribution in [3.05, 3.63) is 17.8 Å². The highest BCUT2D eigenvalue weighted by Gasteiger charge is 2.47. The number of hydrogen-bond donors (Lipinski definition) is 3. The normalized spacial score (nSPS) is 25.7. The number of aliphatic hydroxyl groups is 2. The number of nitrogens with zero attached hydrogens (tertiary/aromatic N) is 5. The van der Waals surface area contributed by atoms with Crippen LogP contribution in [0.4, 0.5) is 4.79 Å². The van der Waals surface area contributed by atoms with Gasteiger partial charge in [0.15, 0.2) is 18.0 Å². The van der Waals surface area contributed by atoms with Crippen LogP contribution in [0.1, 0.15) is 56.8 Å². The van der Waals surface area contributed by atoms with Crippen LogP contribution in [-0.2, 0) is 14.3 Å². The maximum absolute atomic E-state index is 12.2. The maximum Gasteiger partial charge on any atom is 0.409 e. The number of hydrogen-bond acceptors (Lipinski definition) is 9. The molecule has 4 atom stereocenters. The fourth-order valence-corrected chi connectivity index (χ4v) is 4.84. The molecule has 0 radical (unpaired) electrons. The zero-order valence-corrected chi connectivity index (χ0v) is 21.7. The van der Waals surface area contributed by atoms with Gasteiger partial charge in [0.25, 0.3) is 5.91 Å². The van der Waals surface area contributed by atoms with Gasteiger partial charge in [0.05, 0.1) is 18.6 Å². The van der Waals surface area contributed by atoms with E-state index in [0.29, 0.717) is 67.2 Å². The van der Waals surface area contributed by atoms with Gasteiger partial charge in [-0.25, -0.2) is 19.7 Å². The zero-order chi connectivity index (χ0) is 26.8. The Morgan fingerprint density at radius 3 is 2.63 bits per heavy atom. The molecule has 1 aliphatic carbocycles. The van der Waals surface area contributed by atoms with Crippen LogP contribution in [0, 0.1) is 30.6 Å². The molecule has 0 aromatic carbocycles. The van der Waals surface area contributed by atoms with Crippen molar-refractivity contribution in [2.45, 2.75) is 70.5 Å². The van der Waals surface area contributed by atoms with Crippen LogP contribution in [0.2, 0.25) is 0 Å². The number of likely N-dealkylation sites (N-methyl/N-ethyl adjacent to an activating group) is 1. The smallest absolute Gasteiger partial charge is 0.409 e. The quantitative estimate of drug-likeness (QED) is 0.466. The molecule has 1 unspecified atom stereocenters. The van der Waals surface area contributed by atoms with Gasteiger partial charge in [-0.3, -0.25) is 9.36 Å². The van der Waals surface area contributed by atoms with Crippen molar-refractivity contribution in [1.29, 1.82) is 0 Å². The average Bonchev–Trinajstić information content (AvgIpc) is 3.57. The summed E-state index contributed by atoms with van der Waals surface area (Å²) < 4.78 is 12.6. The molecular weight excluding hydrogens is 492 g/mol. The van der Waals surface area contributed by atoms with Gasteiger partial charge < -0.3 is 29.9 Å². The molecule has 1 saturated carbocycles. The lowest BCUT2D eigenvalue weighted by Gasteiger charge is -2.30. The van der Waals surface area contributed by atoms with E-state index < -0.39 is 30.4 Å². The van der Waals surface area contributed by atoms with E-state index in [9.17, 15) is 19.8 Å². The highest BCUT2D eigenvalue weighted by atomic mass is 16.6. The monoisotopic (exact) mass is 526 g/mol. The zero-order valence-electron chi connectivity index (χ0n) is 21.7. The molecule has 5 rings (SSSR count). The number of aromatic nitrogens is 4. The molecule has 3 N–H and O–H groups in total. The van der Waals surface area contributed by atoms with Crippen LogP contribution in [0.25, 0.3) is 11.2 Å². The number of piperidine rings is 1. The maximum atomic E-state index is 12.2. The number of carbonyl (C=O) groups is 2. The van der Waals surface area contributed by atoms with Crippen LogP contribution in [0.15, 0.2) is 6.33 Å². The number of amides is 2. The summed E-state index contributed by atoms with van der Waals surface area (Å²) in [6.07, 6.45) is 0.962. The van der Waals surface area contributed by atoms with Gasteiger partial charge in [0, 0.05) is 26.1 Å². The number of fused-ring (bicyclic) bond motifs is 1. The van der Waals surface area contributed by atoms with Crippen LogP contribution in [0.3, 0.4) is 0 Å². The van der Waals surface area contributed by atoms with Crippen molar-refractivity contribution < 1.29 is 29.3 Å². The Bertz CT molecular complexity index is 1240. The summed E-state index contributed by atoms with van der Waals surface area (Å²) in [7, 11) is 0. The van der Waals surface area contributed by atoms with Gasteiger partial charge in [-0.05, 0) is 57.3 Å². The third-order valence-electron chi connectivity index (χ3n) is 7.32. The van der Waals surface area contributed by atoms with Crippen LogP contribution >= 0.6 is 0 Å². The SMILES string of the molecule is CCNC(=O)[C@H]1O[C@@H](n2cnc3c(C)nc(C#CCC4CCN(C(=O)OCC5CC5)CC4)nc32)C(O)[C@H]1O. The number of imidazole rings is 1. The first kappa shape index (κ1) is 26.3. The first-order valence-electron chi connectivity index (χ1n) is 13.3. The number of carbonyl (C=O) groups excluding carboxylic acids is 2. The highest BCUT2D eigenvalue weighted by molar-refractivity contribution is 5.82. The molecule has 2 saturated heterocycles. The van der Waals surface area contributed by atoms with E-state index in [-0.39, 0.29) is 6.09 Å². The Morgan fingerprint density at radius 1 is 1.16 bits per heavy atom. The molecule has 12 heteroatoms. The second-order valence-electron chi connectivity index (χ2n) is 10.2. The van der Waals surface area contributed by atoms with Crippen LogP contribution in [-0.4, -0.2) is 91.2 Å². The van der Waals surface area contributed by atoms with Gasteiger partial charge >= 0.3 is 6.09 Å². The number of ether oxygens (including phenoxy) is 2. The molecule has 3 aliphatic rings. The molecule has 0 bridgehead atoms. The minimum absolute atomic E-state index is 0.212. The molecular formula is C26H34N6O6. The molecule has 2 aromatic heterocycles. The Morgan fingerprint density at radius 2 is 1.92 bits per heavy atom. The molecule has 2 aliphatic heterocycles. The lowest BCUT2D eigenvalue weighted by Crippen LogP contribution is -2.42. The fourth-order valence-electron chi connectivity index (χ4n) is 4.84. The van der Waals surface area contributed by atoms with Crippen molar-refractivity contribution >= 4 is 23.2 Å². The van der Waals surface area contributed by atoms with Gasteiger partial charge in [0.1, 0.15) is 17.7 Å². The van der Waals surface area contributed by atoms with Gasteiger partial charge in [-0.2, -0.15) is 0 Å². The van der Waals surface area contributed by atoms with E-state index in [1.165, 1.54) is 10.9 Å².